The first-order valence-corrected chi connectivity index (χ1v) is 10.8. The largest absolute Gasteiger partial charge is 0.454 e. The van der Waals surface area contributed by atoms with E-state index in [4.69, 9.17) is 38.4 Å². The topological polar surface area (TPSA) is 153 Å². The summed E-state index contributed by atoms with van der Waals surface area (Å²) in [7, 11) is -2.82. The molecule has 4 rings (SSSR count). The van der Waals surface area contributed by atoms with Crippen molar-refractivity contribution < 1.29 is 26.8 Å². The van der Waals surface area contributed by atoms with Crippen LogP contribution in [0.3, 0.4) is 0 Å². The van der Waals surface area contributed by atoms with Crippen LogP contribution in [0.4, 0.5) is 0 Å². The van der Waals surface area contributed by atoms with Crippen LogP contribution in [-0.2, 0) is 17.4 Å². The van der Waals surface area contributed by atoms with Gasteiger partial charge in [-0.2, -0.15) is 8.42 Å². The lowest BCUT2D eigenvalue weighted by molar-refractivity contribution is 0.190. The van der Waals surface area contributed by atoms with Crippen molar-refractivity contribution in [1.82, 2.24) is 24.9 Å². The van der Waals surface area contributed by atoms with Gasteiger partial charge in [0.1, 0.15) is 11.8 Å². The Kier molecular flexibility index (Phi) is 7.20. The minimum absolute atomic E-state index is 0.366. The van der Waals surface area contributed by atoms with Crippen molar-refractivity contribution in [3.05, 3.63) is 65.6 Å². The van der Waals surface area contributed by atoms with Gasteiger partial charge in [0.15, 0.2) is 11.6 Å². The van der Waals surface area contributed by atoms with Gasteiger partial charge in [-0.1, -0.05) is 34.0 Å². The molecule has 0 aliphatic rings. The zero-order valence-electron chi connectivity index (χ0n) is 16.8. The van der Waals surface area contributed by atoms with Gasteiger partial charge >= 0.3 is 16.4 Å². The number of rotatable bonds is 5. The van der Waals surface area contributed by atoms with Crippen LogP contribution in [0.1, 0.15) is 18.7 Å². The summed E-state index contributed by atoms with van der Waals surface area (Å²) in [5, 5.41) is 13.1. The van der Waals surface area contributed by atoms with E-state index < -0.39 is 10.4 Å². The van der Waals surface area contributed by atoms with Gasteiger partial charge in [0, 0.05) is 41.7 Å². The lowest BCUT2D eigenvalue weighted by atomic mass is 10.1. The summed E-state index contributed by atoms with van der Waals surface area (Å²) in [6.45, 7) is 1.88. The molecule has 1 atom stereocenters. The SMILES string of the molecule is CC(Oc1nnc(-c2ccncc2)n1C)c1cc(-c2cccc(Cl)c2)on1.O=S(=O)(O)O. The number of hydrogen-bond acceptors (Lipinski definition) is 8. The maximum Gasteiger partial charge on any atom is 0.394 e. The summed E-state index contributed by atoms with van der Waals surface area (Å²) < 4.78 is 44.7. The lowest BCUT2D eigenvalue weighted by Crippen LogP contribution is -2.07. The van der Waals surface area contributed by atoms with E-state index in [0.29, 0.717) is 28.3 Å². The van der Waals surface area contributed by atoms with Crippen molar-refractivity contribution in [2.75, 3.05) is 0 Å². The van der Waals surface area contributed by atoms with E-state index in [-0.39, 0.29) is 6.10 Å². The molecule has 168 valence electrons. The second-order valence-corrected chi connectivity index (χ2v) is 7.77. The van der Waals surface area contributed by atoms with Crippen LogP contribution in [0.5, 0.6) is 6.01 Å². The summed E-state index contributed by atoms with van der Waals surface area (Å²) in [6, 6.07) is 13.4. The van der Waals surface area contributed by atoms with Gasteiger partial charge in [0.2, 0.25) is 0 Å². The number of benzene rings is 1. The Morgan fingerprint density at radius 1 is 1.09 bits per heavy atom. The van der Waals surface area contributed by atoms with E-state index in [2.05, 4.69) is 20.3 Å². The molecule has 1 aromatic carbocycles. The second-order valence-electron chi connectivity index (χ2n) is 6.44. The smallest absolute Gasteiger partial charge is 0.394 e. The third-order valence-electron chi connectivity index (χ3n) is 4.11. The highest BCUT2D eigenvalue weighted by molar-refractivity contribution is 7.79. The molecule has 3 heterocycles. The van der Waals surface area contributed by atoms with Crippen molar-refractivity contribution in [3.8, 4) is 28.7 Å². The number of ether oxygens (including phenoxy) is 1. The number of pyridine rings is 1. The number of aromatic nitrogens is 5. The molecular weight excluding hydrogens is 462 g/mol. The fraction of sp³-hybridized carbons (Fsp3) is 0.158. The molecule has 0 saturated carbocycles. The molecule has 0 saturated heterocycles. The van der Waals surface area contributed by atoms with Crippen molar-refractivity contribution in [2.24, 2.45) is 7.05 Å². The van der Waals surface area contributed by atoms with E-state index in [0.717, 1.165) is 11.1 Å². The maximum atomic E-state index is 8.74. The first-order chi connectivity index (χ1) is 15.1. The minimum atomic E-state index is -4.67. The van der Waals surface area contributed by atoms with E-state index in [1.165, 1.54) is 0 Å². The number of nitrogens with zero attached hydrogens (tertiary/aromatic N) is 5. The Morgan fingerprint density at radius 3 is 2.44 bits per heavy atom. The van der Waals surface area contributed by atoms with Crippen molar-refractivity contribution >= 4 is 22.0 Å². The molecule has 0 bridgehead atoms. The van der Waals surface area contributed by atoms with E-state index >= 15 is 0 Å². The zero-order chi connectivity index (χ0) is 23.3. The molecule has 0 fully saturated rings. The highest BCUT2D eigenvalue weighted by atomic mass is 35.5. The van der Waals surface area contributed by atoms with E-state index in [1.54, 1.807) is 17.0 Å². The average Bonchev–Trinajstić information content (AvgIpc) is 3.35. The molecule has 0 spiro atoms. The molecule has 0 aliphatic heterocycles. The zero-order valence-corrected chi connectivity index (χ0v) is 18.4. The first kappa shape index (κ1) is 23.3. The Balaban J connectivity index is 0.000000523. The normalized spacial score (nSPS) is 12.0. The van der Waals surface area contributed by atoms with Crippen LogP contribution in [0, 0.1) is 0 Å². The molecule has 2 N–H and O–H groups in total. The molecule has 4 aromatic rings. The van der Waals surface area contributed by atoms with E-state index in [9.17, 15) is 0 Å². The molecule has 13 heteroatoms. The van der Waals surface area contributed by atoms with Crippen LogP contribution in [0.25, 0.3) is 22.7 Å². The molecule has 1 unspecified atom stereocenters. The summed E-state index contributed by atoms with van der Waals surface area (Å²) >= 11 is 6.03. The monoisotopic (exact) mass is 479 g/mol. The van der Waals surface area contributed by atoms with Crippen LogP contribution in [0.2, 0.25) is 5.02 Å². The fourth-order valence-corrected chi connectivity index (χ4v) is 2.84. The van der Waals surface area contributed by atoms with Crippen LogP contribution in [0.15, 0.2) is 59.4 Å². The van der Waals surface area contributed by atoms with Crippen molar-refractivity contribution in [3.63, 3.8) is 0 Å². The Labute approximate surface area is 188 Å². The molecule has 11 nitrogen and oxygen atoms in total. The average molecular weight is 480 g/mol. The van der Waals surface area contributed by atoms with Gasteiger partial charge in [0.25, 0.3) is 0 Å². The summed E-state index contributed by atoms with van der Waals surface area (Å²) in [4.78, 5) is 4.01. The van der Waals surface area contributed by atoms with Crippen molar-refractivity contribution in [2.45, 2.75) is 13.0 Å². The Bertz CT molecular complexity index is 1280. The fourth-order valence-electron chi connectivity index (χ4n) is 2.65. The van der Waals surface area contributed by atoms with Gasteiger partial charge in [-0.25, -0.2) is 0 Å². The van der Waals surface area contributed by atoms with Gasteiger partial charge < -0.3 is 9.26 Å². The Morgan fingerprint density at radius 2 is 1.78 bits per heavy atom. The van der Waals surface area contributed by atoms with Crippen LogP contribution in [-0.4, -0.2) is 42.4 Å². The quantitative estimate of drug-likeness (QED) is 0.405. The highest BCUT2D eigenvalue weighted by Gasteiger charge is 2.19. The predicted octanol–water partition coefficient (Wildman–Crippen LogP) is 3.67. The molecule has 0 aliphatic carbocycles. The standard InChI is InChI=1S/C19H16ClN5O2.H2O4S/c1-12(16-11-17(27-24-16)14-4-3-5-15(20)10-14)26-19-23-22-18(25(19)2)13-6-8-21-9-7-13;1-5(2,3)4/h3-12H,1-2H3;(H2,1,2,3,4). The third-order valence-corrected chi connectivity index (χ3v) is 4.34. The summed E-state index contributed by atoms with van der Waals surface area (Å²) in [6.07, 6.45) is 3.05. The first-order valence-electron chi connectivity index (χ1n) is 9.00. The molecular formula is C19H18ClN5O6S. The summed E-state index contributed by atoms with van der Waals surface area (Å²) in [5.74, 6) is 1.32. The van der Waals surface area contributed by atoms with Gasteiger partial charge in [0.05, 0.1) is 0 Å². The number of halogens is 1. The van der Waals surface area contributed by atoms with Gasteiger partial charge in [-0.15, -0.1) is 5.10 Å². The highest BCUT2D eigenvalue weighted by Crippen LogP contribution is 2.28. The molecule has 0 amide bonds. The van der Waals surface area contributed by atoms with Crippen LogP contribution < -0.4 is 4.74 Å². The third kappa shape index (κ3) is 6.34. The molecule has 0 radical (unpaired) electrons. The van der Waals surface area contributed by atoms with Crippen LogP contribution >= 0.6 is 11.6 Å². The number of hydrogen-bond donors (Lipinski definition) is 2. The van der Waals surface area contributed by atoms with Gasteiger partial charge in [-0.05, 0) is 31.2 Å². The predicted molar refractivity (Wildman–Crippen MR) is 114 cm³/mol. The van der Waals surface area contributed by atoms with E-state index in [1.807, 2.05) is 56.4 Å². The molecule has 32 heavy (non-hydrogen) atoms. The van der Waals surface area contributed by atoms with Crippen molar-refractivity contribution in [1.29, 1.82) is 0 Å². The lowest BCUT2D eigenvalue weighted by Gasteiger charge is -2.10. The van der Waals surface area contributed by atoms with Gasteiger partial charge in [-0.3, -0.25) is 18.7 Å². The maximum absolute atomic E-state index is 8.74. The minimum Gasteiger partial charge on any atom is -0.454 e. The molecule has 3 aromatic heterocycles. The summed E-state index contributed by atoms with van der Waals surface area (Å²) in [5.41, 5.74) is 2.41. The second kappa shape index (κ2) is 9.87. The Hall–Kier alpha value is -3.32.